The standard InChI is InChI=1S/C58H36N6O/c1-4-16-37(17-5-1)39-28-30-41(31-29-39)56-60-55(40-20-8-3-9-21-40)61-58(62-56)64-51-26-14-11-23-46(51)48-33-32-47-45-22-10-13-25-50(45)63(53(47)54(48)64)44-35-42(38-18-6-2-7-19-38)34-43(36-44)57-59-49-24-12-15-27-52(49)65-57/h1-36H. The van der Waals surface area contributed by atoms with Crippen LogP contribution in [0.15, 0.2) is 223 Å². The summed E-state index contributed by atoms with van der Waals surface area (Å²) in [5, 5.41) is 4.43. The molecule has 0 aliphatic rings. The second kappa shape index (κ2) is 14.9. The molecular formula is C58H36N6O. The van der Waals surface area contributed by atoms with Crippen LogP contribution in [-0.4, -0.2) is 29.1 Å². The lowest BCUT2D eigenvalue weighted by molar-refractivity contribution is 0.620. The third-order valence-electron chi connectivity index (χ3n) is 12.4. The van der Waals surface area contributed by atoms with E-state index in [4.69, 9.17) is 24.4 Å². The van der Waals surface area contributed by atoms with E-state index in [2.05, 4.69) is 173 Å². The highest BCUT2D eigenvalue weighted by molar-refractivity contribution is 6.23. The van der Waals surface area contributed by atoms with Gasteiger partial charge in [-0.05, 0) is 64.7 Å². The summed E-state index contributed by atoms with van der Waals surface area (Å²) < 4.78 is 11.1. The van der Waals surface area contributed by atoms with Crippen molar-refractivity contribution >= 4 is 54.7 Å². The van der Waals surface area contributed by atoms with Crippen LogP contribution < -0.4 is 0 Å². The lowest BCUT2D eigenvalue weighted by atomic mass is 10.0. The molecule has 0 bridgehead atoms. The van der Waals surface area contributed by atoms with Crippen LogP contribution in [0.5, 0.6) is 0 Å². The van der Waals surface area contributed by atoms with Gasteiger partial charge in [-0.1, -0.05) is 176 Å². The van der Waals surface area contributed by atoms with Crippen LogP contribution >= 0.6 is 0 Å². The predicted octanol–water partition coefficient (Wildman–Crippen LogP) is 14.5. The maximum Gasteiger partial charge on any atom is 0.238 e. The number of hydrogen-bond acceptors (Lipinski definition) is 5. The van der Waals surface area contributed by atoms with Crippen molar-refractivity contribution < 1.29 is 4.42 Å². The molecule has 0 radical (unpaired) electrons. The number of rotatable bonds is 7. The number of para-hydroxylation sites is 4. The van der Waals surface area contributed by atoms with E-state index >= 15 is 0 Å². The highest BCUT2D eigenvalue weighted by atomic mass is 16.3. The van der Waals surface area contributed by atoms with E-state index in [-0.39, 0.29) is 0 Å². The molecule has 0 amide bonds. The van der Waals surface area contributed by atoms with Crippen LogP contribution in [-0.2, 0) is 0 Å². The summed E-state index contributed by atoms with van der Waals surface area (Å²) in [5.41, 5.74) is 13.7. The van der Waals surface area contributed by atoms with Crippen molar-refractivity contribution in [2.45, 2.75) is 0 Å². The Morgan fingerprint density at radius 2 is 0.800 bits per heavy atom. The number of fused-ring (bicyclic) bond motifs is 8. The van der Waals surface area contributed by atoms with Gasteiger partial charge in [0.1, 0.15) is 5.52 Å². The molecule has 0 saturated heterocycles. The van der Waals surface area contributed by atoms with Crippen LogP contribution in [0, 0.1) is 0 Å². The minimum atomic E-state index is 0.529. The summed E-state index contributed by atoms with van der Waals surface area (Å²) in [6.45, 7) is 0. The van der Waals surface area contributed by atoms with Gasteiger partial charge in [-0.3, -0.25) is 4.57 Å². The topological polar surface area (TPSA) is 74.6 Å². The molecule has 0 aliphatic carbocycles. The normalized spacial score (nSPS) is 11.7. The molecule has 9 aromatic carbocycles. The Balaban J connectivity index is 1.12. The van der Waals surface area contributed by atoms with Gasteiger partial charge < -0.3 is 8.98 Å². The van der Waals surface area contributed by atoms with E-state index in [0.29, 0.717) is 23.5 Å². The first-order valence-electron chi connectivity index (χ1n) is 21.7. The Hall–Kier alpha value is -8.94. The number of hydrogen-bond donors (Lipinski definition) is 0. The van der Waals surface area contributed by atoms with Gasteiger partial charge in [0.15, 0.2) is 17.2 Å². The Kier molecular flexibility index (Phi) is 8.39. The summed E-state index contributed by atoms with van der Waals surface area (Å²) in [5.74, 6) is 2.27. The van der Waals surface area contributed by atoms with Gasteiger partial charge in [0.25, 0.3) is 0 Å². The van der Waals surface area contributed by atoms with Crippen molar-refractivity contribution in [1.29, 1.82) is 0 Å². The summed E-state index contributed by atoms with van der Waals surface area (Å²) in [6.07, 6.45) is 0. The van der Waals surface area contributed by atoms with Crippen molar-refractivity contribution in [3.05, 3.63) is 218 Å². The zero-order valence-electron chi connectivity index (χ0n) is 34.9. The van der Waals surface area contributed by atoms with Crippen LogP contribution in [0.2, 0.25) is 0 Å². The summed E-state index contributed by atoms with van der Waals surface area (Å²) in [7, 11) is 0. The molecular weight excluding hydrogens is 797 g/mol. The van der Waals surface area contributed by atoms with Crippen molar-refractivity contribution in [3.8, 4) is 68.1 Å². The molecule has 0 unspecified atom stereocenters. The molecule has 65 heavy (non-hydrogen) atoms. The van der Waals surface area contributed by atoms with Gasteiger partial charge in [-0.25, -0.2) is 9.97 Å². The Morgan fingerprint density at radius 3 is 1.45 bits per heavy atom. The van der Waals surface area contributed by atoms with Gasteiger partial charge in [-0.15, -0.1) is 0 Å². The zero-order chi connectivity index (χ0) is 42.8. The first-order chi connectivity index (χ1) is 32.2. The number of benzene rings is 9. The third kappa shape index (κ3) is 6.13. The highest BCUT2D eigenvalue weighted by Crippen LogP contribution is 2.43. The van der Waals surface area contributed by atoms with Crippen molar-refractivity contribution in [3.63, 3.8) is 0 Å². The molecule has 13 aromatic rings. The molecule has 0 N–H and O–H groups in total. The maximum absolute atomic E-state index is 6.46. The van der Waals surface area contributed by atoms with Crippen molar-refractivity contribution in [1.82, 2.24) is 29.1 Å². The molecule has 13 rings (SSSR count). The van der Waals surface area contributed by atoms with Crippen molar-refractivity contribution in [2.24, 2.45) is 0 Å². The molecule has 0 fully saturated rings. The second-order valence-electron chi connectivity index (χ2n) is 16.3. The minimum absolute atomic E-state index is 0.529. The monoisotopic (exact) mass is 832 g/mol. The molecule has 0 aliphatic heterocycles. The SMILES string of the molecule is c1ccc(-c2ccc(-c3nc(-c4ccccc4)nc(-n4c5ccccc5c5ccc6c7ccccc7n(-c7cc(-c8ccccc8)cc(-c8nc9ccccc9o8)c7)c6c54)n3)cc2)cc1. The first-order valence-corrected chi connectivity index (χ1v) is 21.7. The molecule has 0 spiro atoms. The molecule has 7 heteroatoms. The Morgan fingerprint density at radius 1 is 0.323 bits per heavy atom. The van der Waals surface area contributed by atoms with E-state index in [1.165, 1.54) is 0 Å². The van der Waals surface area contributed by atoms with Crippen LogP contribution in [0.1, 0.15) is 0 Å². The average Bonchev–Trinajstić information content (AvgIpc) is 4.08. The molecule has 4 heterocycles. The van der Waals surface area contributed by atoms with E-state index in [0.717, 1.165) is 99.3 Å². The van der Waals surface area contributed by atoms with E-state index < -0.39 is 0 Å². The molecule has 4 aromatic heterocycles. The molecule has 0 saturated carbocycles. The lowest BCUT2D eigenvalue weighted by Gasteiger charge is -2.15. The Labute approximate surface area is 373 Å². The van der Waals surface area contributed by atoms with Gasteiger partial charge in [0.05, 0.1) is 22.1 Å². The van der Waals surface area contributed by atoms with Gasteiger partial charge >= 0.3 is 0 Å². The van der Waals surface area contributed by atoms with Crippen LogP contribution in [0.4, 0.5) is 0 Å². The van der Waals surface area contributed by atoms with E-state index in [1.807, 2.05) is 54.6 Å². The molecule has 304 valence electrons. The van der Waals surface area contributed by atoms with E-state index in [9.17, 15) is 0 Å². The predicted molar refractivity (Wildman–Crippen MR) is 263 cm³/mol. The zero-order valence-corrected chi connectivity index (χ0v) is 34.9. The quantitative estimate of drug-likeness (QED) is 0.160. The van der Waals surface area contributed by atoms with Crippen molar-refractivity contribution in [2.75, 3.05) is 0 Å². The number of nitrogens with zero attached hydrogens (tertiary/aromatic N) is 6. The number of aromatic nitrogens is 6. The second-order valence-corrected chi connectivity index (χ2v) is 16.3. The van der Waals surface area contributed by atoms with Gasteiger partial charge in [0, 0.05) is 43.9 Å². The fraction of sp³-hybridized carbons (Fsp3) is 0. The fourth-order valence-electron chi connectivity index (χ4n) is 9.39. The lowest BCUT2D eigenvalue weighted by Crippen LogP contribution is -2.07. The van der Waals surface area contributed by atoms with Gasteiger partial charge in [0.2, 0.25) is 11.8 Å². The smallest absolute Gasteiger partial charge is 0.238 e. The summed E-state index contributed by atoms with van der Waals surface area (Å²) in [6, 6.07) is 75.8. The highest BCUT2D eigenvalue weighted by Gasteiger charge is 2.24. The minimum Gasteiger partial charge on any atom is -0.436 e. The van der Waals surface area contributed by atoms with Gasteiger partial charge in [-0.2, -0.15) is 9.97 Å². The summed E-state index contributed by atoms with van der Waals surface area (Å²) >= 11 is 0. The molecule has 0 atom stereocenters. The Bertz CT molecular complexity index is 3890. The fourth-order valence-corrected chi connectivity index (χ4v) is 9.39. The van der Waals surface area contributed by atoms with E-state index in [1.54, 1.807) is 0 Å². The first kappa shape index (κ1) is 36.7. The summed E-state index contributed by atoms with van der Waals surface area (Å²) in [4.78, 5) is 20.8. The maximum atomic E-state index is 6.46. The number of oxazole rings is 1. The van der Waals surface area contributed by atoms with Crippen LogP contribution in [0.25, 0.3) is 123 Å². The third-order valence-corrected chi connectivity index (χ3v) is 12.4. The largest absolute Gasteiger partial charge is 0.436 e. The molecule has 7 nitrogen and oxygen atoms in total. The van der Waals surface area contributed by atoms with Crippen LogP contribution in [0.3, 0.4) is 0 Å². The average molecular weight is 833 g/mol.